The van der Waals surface area contributed by atoms with Crippen LogP contribution in [0.2, 0.25) is 0 Å². The third kappa shape index (κ3) is 2.77. The molecule has 0 radical (unpaired) electrons. The van der Waals surface area contributed by atoms with Gasteiger partial charge in [-0.2, -0.15) is 11.8 Å². The van der Waals surface area contributed by atoms with Gasteiger partial charge in [0, 0.05) is 17.3 Å². The van der Waals surface area contributed by atoms with Crippen molar-refractivity contribution in [3.63, 3.8) is 0 Å². The molecule has 0 aliphatic carbocycles. The lowest BCUT2D eigenvalue weighted by molar-refractivity contribution is 0.615. The summed E-state index contributed by atoms with van der Waals surface area (Å²) >= 11 is 1.88. The summed E-state index contributed by atoms with van der Waals surface area (Å²) in [5.74, 6) is 7.72. The van der Waals surface area contributed by atoms with E-state index in [0.29, 0.717) is 0 Å². The second-order valence-corrected chi connectivity index (χ2v) is 5.11. The third-order valence-electron chi connectivity index (χ3n) is 2.74. The number of hydrogen-bond donors (Lipinski definition) is 2. The Morgan fingerprint density at radius 2 is 2.24 bits per heavy atom. The largest absolute Gasteiger partial charge is 0.271 e. The molecule has 1 aromatic carbocycles. The van der Waals surface area contributed by atoms with Gasteiger partial charge in [-0.1, -0.05) is 25.1 Å². The molecular formula is C13H17N3S. The molecule has 0 amide bonds. The van der Waals surface area contributed by atoms with Crippen molar-refractivity contribution in [1.29, 1.82) is 0 Å². The van der Waals surface area contributed by atoms with E-state index >= 15 is 0 Å². The highest BCUT2D eigenvalue weighted by Crippen LogP contribution is 2.24. The maximum atomic E-state index is 5.65. The van der Waals surface area contributed by atoms with E-state index in [0.717, 1.165) is 17.0 Å². The molecule has 0 aliphatic rings. The van der Waals surface area contributed by atoms with E-state index in [1.807, 2.05) is 36.2 Å². The molecule has 0 aliphatic heterocycles. The van der Waals surface area contributed by atoms with Crippen LogP contribution in [0.5, 0.6) is 0 Å². The first-order chi connectivity index (χ1) is 8.36. The van der Waals surface area contributed by atoms with Gasteiger partial charge in [-0.15, -0.1) is 0 Å². The summed E-state index contributed by atoms with van der Waals surface area (Å²) in [5, 5.41) is 1.18. The fourth-order valence-electron chi connectivity index (χ4n) is 1.89. The Morgan fingerprint density at radius 3 is 3.00 bits per heavy atom. The molecule has 3 N–H and O–H groups in total. The molecule has 0 saturated carbocycles. The van der Waals surface area contributed by atoms with Crippen LogP contribution in [0, 0.1) is 0 Å². The van der Waals surface area contributed by atoms with Crippen molar-refractivity contribution in [2.45, 2.75) is 13.0 Å². The standard InChI is InChI=1S/C13H17N3S/c1-2-17-9-13(16-14)11-5-3-7-12-10(11)6-4-8-15-12/h3-8,13,16H,2,9,14H2,1H3. The average Bonchev–Trinajstić information content (AvgIpc) is 2.40. The number of fused-ring (bicyclic) bond motifs is 1. The molecule has 17 heavy (non-hydrogen) atoms. The molecule has 1 aromatic heterocycles. The van der Waals surface area contributed by atoms with Gasteiger partial charge >= 0.3 is 0 Å². The summed E-state index contributed by atoms with van der Waals surface area (Å²) in [7, 11) is 0. The zero-order chi connectivity index (χ0) is 12.1. The van der Waals surface area contributed by atoms with Crippen molar-refractivity contribution >= 4 is 22.7 Å². The summed E-state index contributed by atoms with van der Waals surface area (Å²) in [6, 6.07) is 10.4. The number of nitrogens with two attached hydrogens (primary N) is 1. The molecule has 2 rings (SSSR count). The maximum absolute atomic E-state index is 5.65. The van der Waals surface area contributed by atoms with E-state index < -0.39 is 0 Å². The molecule has 3 nitrogen and oxygen atoms in total. The lowest BCUT2D eigenvalue weighted by atomic mass is 10.0. The van der Waals surface area contributed by atoms with Crippen LogP contribution in [0.25, 0.3) is 10.9 Å². The minimum absolute atomic E-state index is 0.174. The zero-order valence-electron chi connectivity index (χ0n) is 9.89. The number of pyridine rings is 1. The van der Waals surface area contributed by atoms with Gasteiger partial charge in [0.2, 0.25) is 0 Å². The van der Waals surface area contributed by atoms with E-state index in [1.165, 1.54) is 10.9 Å². The van der Waals surface area contributed by atoms with Crippen molar-refractivity contribution in [1.82, 2.24) is 10.4 Å². The Kier molecular flexibility index (Phi) is 4.36. The van der Waals surface area contributed by atoms with Gasteiger partial charge in [0.1, 0.15) is 0 Å². The highest BCUT2D eigenvalue weighted by Gasteiger charge is 2.12. The number of nitrogens with zero attached hydrogens (tertiary/aromatic N) is 1. The molecular weight excluding hydrogens is 230 g/mol. The molecule has 2 aromatic rings. The molecule has 90 valence electrons. The van der Waals surface area contributed by atoms with Gasteiger partial charge in [0.15, 0.2) is 0 Å². The number of hydrazine groups is 1. The molecule has 4 heteroatoms. The van der Waals surface area contributed by atoms with E-state index in [-0.39, 0.29) is 6.04 Å². The van der Waals surface area contributed by atoms with Crippen molar-refractivity contribution in [3.8, 4) is 0 Å². The minimum Gasteiger partial charge on any atom is -0.271 e. The molecule has 0 fully saturated rings. The average molecular weight is 247 g/mol. The van der Waals surface area contributed by atoms with E-state index in [1.54, 1.807) is 0 Å². The van der Waals surface area contributed by atoms with Crippen LogP contribution in [0.1, 0.15) is 18.5 Å². The van der Waals surface area contributed by atoms with Crippen molar-refractivity contribution in [3.05, 3.63) is 42.1 Å². The van der Waals surface area contributed by atoms with E-state index in [9.17, 15) is 0 Å². The number of benzene rings is 1. The SMILES string of the molecule is CCSCC(NN)c1cccc2ncccc12. The fraction of sp³-hybridized carbons (Fsp3) is 0.308. The Labute approximate surface area is 106 Å². The van der Waals surface area contributed by atoms with Crippen LogP contribution >= 0.6 is 11.8 Å². The van der Waals surface area contributed by atoms with E-state index in [4.69, 9.17) is 5.84 Å². The van der Waals surface area contributed by atoms with Crippen LogP contribution in [-0.4, -0.2) is 16.5 Å². The van der Waals surface area contributed by atoms with Crippen LogP contribution < -0.4 is 11.3 Å². The first kappa shape index (κ1) is 12.4. The van der Waals surface area contributed by atoms with Crippen LogP contribution in [0.4, 0.5) is 0 Å². The van der Waals surface area contributed by atoms with Crippen LogP contribution in [0.15, 0.2) is 36.5 Å². The first-order valence-electron chi connectivity index (χ1n) is 5.74. The Balaban J connectivity index is 2.38. The molecule has 0 bridgehead atoms. The second-order valence-electron chi connectivity index (χ2n) is 3.80. The third-order valence-corrected chi connectivity index (χ3v) is 3.72. The summed E-state index contributed by atoms with van der Waals surface area (Å²) in [6.07, 6.45) is 1.82. The molecule has 1 heterocycles. The zero-order valence-corrected chi connectivity index (χ0v) is 10.7. The summed E-state index contributed by atoms with van der Waals surface area (Å²) in [5.41, 5.74) is 5.14. The molecule has 1 unspecified atom stereocenters. The lowest BCUT2D eigenvalue weighted by Crippen LogP contribution is -2.29. The van der Waals surface area contributed by atoms with Crippen molar-refractivity contribution < 1.29 is 0 Å². The van der Waals surface area contributed by atoms with E-state index in [2.05, 4.69) is 29.5 Å². The highest BCUT2D eigenvalue weighted by atomic mass is 32.2. The van der Waals surface area contributed by atoms with Gasteiger partial charge in [-0.05, 0) is 23.4 Å². The summed E-state index contributed by atoms with van der Waals surface area (Å²) < 4.78 is 0. The second kappa shape index (κ2) is 6.00. The molecule has 0 spiro atoms. The topological polar surface area (TPSA) is 50.9 Å². The number of hydrogen-bond acceptors (Lipinski definition) is 4. The Hall–Kier alpha value is -1.10. The number of rotatable bonds is 5. The summed E-state index contributed by atoms with van der Waals surface area (Å²) in [4.78, 5) is 4.36. The van der Waals surface area contributed by atoms with Crippen molar-refractivity contribution in [2.24, 2.45) is 5.84 Å². The maximum Gasteiger partial charge on any atom is 0.0705 e. The minimum atomic E-state index is 0.174. The van der Waals surface area contributed by atoms with Gasteiger partial charge in [0.25, 0.3) is 0 Å². The Bertz CT molecular complexity index is 482. The smallest absolute Gasteiger partial charge is 0.0705 e. The fourth-order valence-corrected chi connectivity index (χ4v) is 2.64. The first-order valence-corrected chi connectivity index (χ1v) is 6.89. The van der Waals surface area contributed by atoms with Gasteiger partial charge < -0.3 is 0 Å². The molecule has 1 atom stereocenters. The monoisotopic (exact) mass is 247 g/mol. The molecule has 0 saturated heterocycles. The Morgan fingerprint density at radius 1 is 1.35 bits per heavy atom. The normalized spacial score (nSPS) is 12.8. The number of aromatic nitrogens is 1. The quantitative estimate of drug-likeness (QED) is 0.629. The lowest BCUT2D eigenvalue weighted by Gasteiger charge is -2.17. The van der Waals surface area contributed by atoms with Crippen LogP contribution in [0.3, 0.4) is 0 Å². The number of nitrogens with one attached hydrogen (secondary N) is 1. The van der Waals surface area contributed by atoms with Crippen molar-refractivity contribution in [2.75, 3.05) is 11.5 Å². The van der Waals surface area contributed by atoms with Gasteiger partial charge in [-0.25, -0.2) is 0 Å². The summed E-state index contributed by atoms with van der Waals surface area (Å²) in [6.45, 7) is 2.16. The van der Waals surface area contributed by atoms with Crippen LogP contribution in [-0.2, 0) is 0 Å². The predicted octanol–water partition coefficient (Wildman–Crippen LogP) is 2.49. The highest BCUT2D eigenvalue weighted by molar-refractivity contribution is 7.99. The van der Waals surface area contributed by atoms with Gasteiger partial charge in [0.05, 0.1) is 11.6 Å². The van der Waals surface area contributed by atoms with Gasteiger partial charge in [-0.3, -0.25) is 16.3 Å². The predicted molar refractivity (Wildman–Crippen MR) is 74.8 cm³/mol. The number of thioether (sulfide) groups is 1.